The highest BCUT2D eigenvalue weighted by Gasteiger charge is 2.13. The van der Waals surface area contributed by atoms with E-state index >= 15 is 0 Å². The van der Waals surface area contributed by atoms with Gasteiger partial charge in [0, 0.05) is 4.47 Å². The maximum absolute atomic E-state index is 12.4. The van der Waals surface area contributed by atoms with Gasteiger partial charge in [-0.05, 0) is 46.3 Å². The van der Waals surface area contributed by atoms with Gasteiger partial charge in [-0.1, -0.05) is 12.1 Å². The summed E-state index contributed by atoms with van der Waals surface area (Å²) in [7, 11) is 1.52. The van der Waals surface area contributed by atoms with E-state index in [9.17, 15) is 9.59 Å². The number of carbonyl (C=O) groups excluding carboxylic acids is 1. The van der Waals surface area contributed by atoms with Crippen LogP contribution in [0, 0.1) is 0 Å². The second-order valence-electron chi connectivity index (χ2n) is 4.72. The van der Waals surface area contributed by atoms with Gasteiger partial charge >= 0.3 is 0 Å². The maximum Gasteiger partial charge on any atom is 0.280 e. The predicted molar refractivity (Wildman–Crippen MR) is 90.4 cm³/mol. The molecule has 0 saturated heterocycles. The minimum atomic E-state index is -0.449. The number of carbonyl (C=O) groups is 1. The number of fused-ring (bicyclic) bond motifs is 1. The van der Waals surface area contributed by atoms with Gasteiger partial charge in [0.15, 0.2) is 0 Å². The van der Waals surface area contributed by atoms with Gasteiger partial charge < -0.3 is 4.74 Å². The average molecular weight is 374 g/mol. The zero-order valence-electron chi connectivity index (χ0n) is 12.1. The summed E-state index contributed by atoms with van der Waals surface area (Å²) < 4.78 is 6.77. The molecule has 0 unspecified atom stereocenters. The number of halogens is 1. The minimum absolute atomic E-state index is 0.344. The Morgan fingerprint density at radius 2 is 2.04 bits per heavy atom. The minimum Gasteiger partial charge on any atom is -0.497 e. The van der Waals surface area contributed by atoms with Crippen molar-refractivity contribution < 1.29 is 9.53 Å². The molecule has 1 heterocycles. The fourth-order valence-corrected chi connectivity index (χ4v) is 2.55. The summed E-state index contributed by atoms with van der Waals surface area (Å²) in [4.78, 5) is 28.9. The number of nitrogens with one attached hydrogen (secondary N) is 1. The average Bonchev–Trinajstić information content (AvgIpc) is 2.58. The van der Waals surface area contributed by atoms with Crippen molar-refractivity contribution in [2.75, 3.05) is 12.5 Å². The number of amides is 1. The Bertz CT molecular complexity index is 953. The zero-order valence-corrected chi connectivity index (χ0v) is 13.7. The van der Waals surface area contributed by atoms with Crippen LogP contribution in [-0.4, -0.2) is 22.7 Å². The van der Waals surface area contributed by atoms with E-state index < -0.39 is 5.91 Å². The number of ether oxygens (including phenoxy) is 1. The van der Waals surface area contributed by atoms with Crippen LogP contribution >= 0.6 is 15.9 Å². The Balaban J connectivity index is 1.98. The molecular formula is C16H12BrN3O3. The van der Waals surface area contributed by atoms with Gasteiger partial charge in [0.25, 0.3) is 11.5 Å². The molecule has 0 spiro atoms. The van der Waals surface area contributed by atoms with Crippen LogP contribution in [0.3, 0.4) is 0 Å². The van der Waals surface area contributed by atoms with Crippen LogP contribution in [0.2, 0.25) is 0 Å². The molecule has 0 radical (unpaired) electrons. The van der Waals surface area contributed by atoms with Crippen LogP contribution in [0.15, 0.2) is 58.1 Å². The number of hydrogen-bond donors (Lipinski definition) is 1. The largest absolute Gasteiger partial charge is 0.497 e. The van der Waals surface area contributed by atoms with Crippen molar-refractivity contribution in [1.82, 2.24) is 9.66 Å². The first kappa shape index (κ1) is 15.2. The Morgan fingerprint density at radius 1 is 1.26 bits per heavy atom. The van der Waals surface area contributed by atoms with E-state index in [4.69, 9.17) is 4.74 Å². The van der Waals surface area contributed by atoms with Gasteiger partial charge in [-0.3, -0.25) is 15.0 Å². The van der Waals surface area contributed by atoms with E-state index in [0.717, 1.165) is 4.68 Å². The Hall–Kier alpha value is -2.67. The van der Waals surface area contributed by atoms with Crippen LogP contribution in [-0.2, 0) is 0 Å². The van der Waals surface area contributed by atoms with E-state index in [-0.39, 0.29) is 5.56 Å². The first-order valence-electron chi connectivity index (χ1n) is 6.71. The van der Waals surface area contributed by atoms with Gasteiger partial charge in [-0.2, -0.15) is 0 Å². The van der Waals surface area contributed by atoms with Crippen molar-refractivity contribution in [3.05, 3.63) is 69.2 Å². The summed E-state index contributed by atoms with van der Waals surface area (Å²) >= 11 is 3.31. The van der Waals surface area contributed by atoms with Crippen molar-refractivity contribution in [2.45, 2.75) is 0 Å². The molecule has 0 aliphatic rings. The highest BCUT2D eigenvalue weighted by atomic mass is 79.9. The van der Waals surface area contributed by atoms with Gasteiger partial charge in [0.1, 0.15) is 12.1 Å². The van der Waals surface area contributed by atoms with Gasteiger partial charge in [-0.25, -0.2) is 9.66 Å². The number of para-hydroxylation sites is 1. The quantitative estimate of drug-likeness (QED) is 0.765. The third-order valence-corrected chi connectivity index (χ3v) is 4.00. The number of rotatable bonds is 3. The number of benzene rings is 2. The monoisotopic (exact) mass is 373 g/mol. The van der Waals surface area contributed by atoms with Crippen LogP contribution in [0.5, 0.6) is 5.75 Å². The third kappa shape index (κ3) is 2.95. The molecule has 116 valence electrons. The standard InChI is InChI=1S/C16H12BrN3O3/c1-23-10-6-7-13(17)12(8-10)15(21)19-20-9-18-14-5-3-2-4-11(14)16(20)22/h2-9H,1H3,(H,19,21). The van der Waals surface area contributed by atoms with Crippen LogP contribution in [0.25, 0.3) is 10.9 Å². The van der Waals surface area contributed by atoms with Crippen molar-refractivity contribution in [3.8, 4) is 5.75 Å². The predicted octanol–water partition coefficient (Wildman–Crippen LogP) is 2.55. The van der Waals surface area contributed by atoms with E-state index in [1.165, 1.54) is 13.4 Å². The van der Waals surface area contributed by atoms with Crippen LogP contribution < -0.4 is 15.7 Å². The molecular weight excluding hydrogens is 362 g/mol. The Labute approximate surface area is 139 Å². The highest BCUT2D eigenvalue weighted by Crippen LogP contribution is 2.22. The summed E-state index contributed by atoms with van der Waals surface area (Å²) in [5.41, 5.74) is 3.11. The van der Waals surface area contributed by atoms with E-state index in [0.29, 0.717) is 26.7 Å². The lowest BCUT2D eigenvalue weighted by Gasteiger charge is -2.10. The summed E-state index contributed by atoms with van der Waals surface area (Å²) in [5.74, 6) is 0.0947. The fourth-order valence-electron chi connectivity index (χ4n) is 2.12. The molecule has 1 N–H and O–H groups in total. The molecule has 1 aromatic heterocycles. The molecule has 3 aromatic rings. The van der Waals surface area contributed by atoms with Gasteiger partial charge in [0.05, 0.1) is 23.6 Å². The molecule has 2 aromatic carbocycles. The van der Waals surface area contributed by atoms with E-state index in [2.05, 4.69) is 26.3 Å². The molecule has 23 heavy (non-hydrogen) atoms. The summed E-state index contributed by atoms with van der Waals surface area (Å²) in [6.07, 6.45) is 1.29. The highest BCUT2D eigenvalue weighted by molar-refractivity contribution is 9.10. The van der Waals surface area contributed by atoms with Crippen molar-refractivity contribution in [3.63, 3.8) is 0 Å². The summed E-state index contributed by atoms with van der Waals surface area (Å²) in [6.45, 7) is 0. The Kier molecular flexibility index (Phi) is 4.12. The van der Waals surface area contributed by atoms with Crippen molar-refractivity contribution in [1.29, 1.82) is 0 Å². The summed E-state index contributed by atoms with van der Waals surface area (Å²) in [6, 6.07) is 12.0. The van der Waals surface area contributed by atoms with E-state index in [1.54, 1.807) is 42.5 Å². The van der Waals surface area contributed by atoms with Crippen molar-refractivity contribution >= 4 is 32.7 Å². The number of hydrogen-bond acceptors (Lipinski definition) is 4. The molecule has 3 rings (SSSR count). The number of nitrogens with zero attached hydrogens (tertiary/aromatic N) is 2. The first-order valence-corrected chi connectivity index (χ1v) is 7.51. The number of methoxy groups -OCH3 is 1. The molecule has 1 amide bonds. The number of aromatic nitrogens is 2. The third-order valence-electron chi connectivity index (χ3n) is 3.31. The SMILES string of the molecule is COc1ccc(Br)c(C(=O)Nn2cnc3ccccc3c2=O)c1. The maximum atomic E-state index is 12.4. The van der Waals surface area contributed by atoms with Gasteiger partial charge in [0.2, 0.25) is 0 Å². The normalized spacial score (nSPS) is 10.5. The molecule has 0 fully saturated rings. The molecule has 0 aliphatic carbocycles. The molecule has 0 saturated carbocycles. The van der Waals surface area contributed by atoms with Crippen LogP contribution in [0.4, 0.5) is 0 Å². The second kappa shape index (κ2) is 6.21. The zero-order chi connectivity index (χ0) is 16.4. The lowest BCUT2D eigenvalue weighted by atomic mass is 10.2. The lowest BCUT2D eigenvalue weighted by Crippen LogP contribution is -2.33. The van der Waals surface area contributed by atoms with E-state index in [1.807, 2.05) is 0 Å². The molecule has 0 atom stereocenters. The Morgan fingerprint density at radius 3 is 2.83 bits per heavy atom. The van der Waals surface area contributed by atoms with Gasteiger partial charge in [-0.15, -0.1) is 0 Å². The van der Waals surface area contributed by atoms with Crippen LogP contribution in [0.1, 0.15) is 10.4 Å². The van der Waals surface area contributed by atoms with Crippen molar-refractivity contribution in [2.24, 2.45) is 0 Å². The molecule has 7 heteroatoms. The molecule has 6 nitrogen and oxygen atoms in total. The smallest absolute Gasteiger partial charge is 0.280 e. The molecule has 0 bridgehead atoms. The topological polar surface area (TPSA) is 73.2 Å². The lowest BCUT2D eigenvalue weighted by molar-refractivity contribution is 0.101. The second-order valence-corrected chi connectivity index (χ2v) is 5.58. The fraction of sp³-hybridized carbons (Fsp3) is 0.0625. The molecule has 0 aliphatic heterocycles. The summed E-state index contributed by atoms with van der Waals surface area (Å²) in [5, 5.41) is 0.431. The first-order chi connectivity index (χ1) is 11.1.